The molecule has 0 aliphatic carbocycles. The average Bonchev–Trinajstić information content (AvgIpc) is 3.37. The van der Waals surface area contributed by atoms with Gasteiger partial charge in [-0.15, -0.1) is 0 Å². The molecule has 3 aromatic carbocycles. The standard InChI is InChI=1S/C30H34N4O3S2/c1-21-10-15-27-28(22(21)2)31-30(38-27)34(18-7-17-32(3)4)29(35)24-11-13-26(14-12-24)39(36,37)33-19-16-23-8-5-6-9-25(23)20-33/h5-6,8-15H,7,16-20H2,1-4H3. The minimum absolute atomic E-state index is 0.182. The van der Waals surface area contributed by atoms with E-state index in [2.05, 4.69) is 36.9 Å². The Balaban J connectivity index is 1.40. The van der Waals surface area contributed by atoms with Crippen LogP contribution in [0.25, 0.3) is 10.2 Å². The van der Waals surface area contributed by atoms with Crippen LogP contribution in [0.4, 0.5) is 5.13 Å². The van der Waals surface area contributed by atoms with Gasteiger partial charge in [0.25, 0.3) is 5.91 Å². The fourth-order valence-corrected chi connectivity index (χ4v) is 7.38. The molecule has 4 aromatic rings. The number of sulfonamides is 1. The Morgan fingerprint density at radius 2 is 1.69 bits per heavy atom. The average molecular weight is 563 g/mol. The molecule has 0 saturated heterocycles. The lowest BCUT2D eigenvalue weighted by Crippen LogP contribution is -2.36. The number of carbonyl (C=O) groups is 1. The number of fused-ring (bicyclic) bond motifs is 2. The molecule has 39 heavy (non-hydrogen) atoms. The van der Waals surface area contributed by atoms with Crippen molar-refractivity contribution in [2.24, 2.45) is 0 Å². The number of amides is 1. The molecule has 1 aromatic heterocycles. The maximum Gasteiger partial charge on any atom is 0.260 e. The predicted octanol–water partition coefficient (Wildman–Crippen LogP) is 5.26. The van der Waals surface area contributed by atoms with Crippen LogP contribution in [0.3, 0.4) is 0 Å². The Morgan fingerprint density at radius 3 is 2.41 bits per heavy atom. The van der Waals surface area contributed by atoms with Crippen molar-refractivity contribution < 1.29 is 13.2 Å². The van der Waals surface area contributed by atoms with Crippen molar-refractivity contribution >= 4 is 42.6 Å². The topological polar surface area (TPSA) is 73.8 Å². The summed E-state index contributed by atoms with van der Waals surface area (Å²) in [6, 6.07) is 18.4. The maximum atomic E-state index is 13.8. The number of carbonyl (C=O) groups excluding carboxylic acids is 1. The third kappa shape index (κ3) is 5.63. The predicted molar refractivity (Wildman–Crippen MR) is 158 cm³/mol. The molecule has 1 amide bonds. The second kappa shape index (κ2) is 11.2. The maximum absolute atomic E-state index is 13.8. The summed E-state index contributed by atoms with van der Waals surface area (Å²) in [6.45, 7) is 6.27. The molecule has 0 atom stereocenters. The molecule has 7 nitrogen and oxygen atoms in total. The first-order chi connectivity index (χ1) is 18.6. The number of benzene rings is 3. The van der Waals surface area contributed by atoms with Gasteiger partial charge in [-0.2, -0.15) is 4.31 Å². The van der Waals surface area contributed by atoms with E-state index >= 15 is 0 Å². The van der Waals surface area contributed by atoms with Crippen LogP contribution >= 0.6 is 11.3 Å². The number of thiazole rings is 1. The summed E-state index contributed by atoms with van der Waals surface area (Å²) in [7, 11) is 0.343. The molecule has 5 rings (SSSR count). The molecule has 0 unspecified atom stereocenters. The van der Waals surface area contributed by atoms with E-state index < -0.39 is 10.0 Å². The zero-order chi connectivity index (χ0) is 27.7. The quantitative estimate of drug-likeness (QED) is 0.293. The molecule has 0 saturated carbocycles. The second-order valence-corrected chi connectivity index (χ2v) is 13.3. The van der Waals surface area contributed by atoms with E-state index in [0.717, 1.165) is 34.3 Å². The minimum Gasteiger partial charge on any atom is -0.309 e. The van der Waals surface area contributed by atoms with Gasteiger partial charge in [0.1, 0.15) is 0 Å². The van der Waals surface area contributed by atoms with Crippen LogP contribution in [-0.4, -0.2) is 62.2 Å². The first kappa shape index (κ1) is 27.5. The summed E-state index contributed by atoms with van der Waals surface area (Å²) in [6.07, 6.45) is 1.48. The molecular formula is C30H34N4O3S2. The summed E-state index contributed by atoms with van der Waals surface area (Å²) in [4.78, 5) is 22.6. The highest BCUT2D eigenvalue weighted by molar-refractivity contribution is 7.89. The van der Waals surface area contributed by atoms with Crippen molar-refractivity contribution in [3.05, 3.63) is 88.5 Å². The number of hydrogen-bond acceptors (Lipinski definition) is 6. The van der Waals surface area contributed by atoms with Crippen LogP contribution in [0.15, 0.2) is 65.6 Å². The Labute approximate surface area is 234 Å². The summed E-state index contributed by atoms with van der Waals surface area (Å²) in [5.74, 6) is -0.182. The van der Waals surface area contributed by atoms with Gasteiger partial charge < -0.3 is 4.90 Å². The zero-order valence-electron chi connectivity index (χ0n) is 22.8. The normalized spacial score (nSPS) is 14.1. The molecule has 1 aliphatic rings. The Morgan fingerprint density at radius 1 is 0.974 bits per heavy atom. The van der Waals surface area contributed by atoms with Gasteiger partial charge in [-0.25, -0.2) is 13.4 Å². The van der Waals surface area contributed by atoms with Gasteiger partial charge in [0.05, 0.1) is 15.1 Å². The van der Waals surface area contributed by atoms with Crippen LogP contribution in [0, 0.1) is 13.8 Å². The van der Waals surface area contributed by atoms with E-state index in [0.29, 0.717) is 36.8 Å². The van der Waals surface area contributed by atoms with E-state index in [-0.39, 0.29) is 10.8 Å². The van der Waals surface area contributed by atoms with Crippen LogP contribution in [0.5, 0.6) is 0 Å². The first-order valence-electron chi connectivity index (χ1n) is 13.2. The molecule has 1 aliphatic heterocycles. The fraction of sp³-hybridized carbons (Fsp3) is 0.333. The molecular weight excluding hydrogens is 528 g/mol. The molecule has 204 valence electrons. The van der Waals surface area contributed by atoms with E-state index in [4.69, 9.17) is 4.98 Å². The molecule has 9 heteroatoms. The van der Waals surface area contributed by atoms with E-state index in [1.807, 2.05) is 32.3 Å². The Hall–Kier alpha value is -3.11. The second-order valence-electron chi connectivity index (χ2n) is 10.3. The SMILES string of the molecule is Cc1ccc2sc(N(CCCN(C)C)C(=O)c3ccc(S(=O)(=O)N4CCc5ccccc5C4)cc3)nc2c1C. The van der Waals surface area contributed by atoms with Crippen molar-refractivity contribution in [2.45, 2.75) is 38.1 Å². The lowest BCUT2D eigenvalue weighted by Gasteiger charge is -2.28. The van der Waals surface area contributed by atoms with Gasteiger partial charge in [0.15, 0.2) is 5.13 Å². The van der Waals surface area contributed by atoms with Gasteiger partial charge in [0, 0.05) is 25.2 Å². The molecule has 0 spiro atoms. The van der Waals surface area contributed by atoms with Gasteiger partial charge in [-0.05, 0) is 99.9 Å². The minimum atomic E-state index is -3.68. The van der Waals surface area contributed by atoms with Crippen molar-refractivity contribution in [3.63, 3.8) is 0 Å². The highest BCUT2D eigenvalue weighted by Gasteiger charge is 2.29. The van der Waals surface area contributed by atoms with Crippen molar-refractivity contribution in [1.82, 2.24) is 14.2 Å². The molecule has 0 bridgehead atoms. The summed E-state index contributed by atoms with van der Waals surface area (Å²) in [5.41, 5.74) is 5.87. The van der Waals surface area contributed by atoms with Crippen molar-refractivity contribution in [3.8, 4) is 0 Å². The number of aromatic nitrogens is 1. The lowest BCUT2D eigenvalue weighted by atomic mass is 10.0. The Kier molecular flexibility index (Phi) is 7.87. The van der Waals surface area contributed by atoms with Crippen LogP contribution in [0.2, 0.25) is 0 Å². The van der Waals surface area contributed by atoms with E-state index in [9.17, 15) is 13.2 Å². The first-order valence-corrected chi connectivity index (χ1v) is 15.4. The number of rotatable bonds is 8. The monoisotopic (exact) mass is 562 g/mol. The third-order valence-corrected chi connectivity index (χ3v) is 10.3. The molecule has 0 N–H and O–H groups in total. The fourth-order valence-electron chi connectivity index (χ4n) is 4.91. The summed E-state index contributed by atoms with van der Waals surface area (Å²) < 4.78 is 29.4. The van der Waals surface area contributed by atoms with Crippen molar-refractivity contribution in [1.29, 1.82) is 0 Å². The van der Waals surface area contributed by atoms with Crippen LogP contribution in [0.1, 0.15) is 39.0 Å². The van der Waals surface area contributed by atoms with Gasteiger partial charge in [-0.1, -0.05) is 41.7 Å². The van der Waals surface area contributed by atoms with Crippen LogP contribution in [-0.2, 0) is 23.0 Å². The lowest BCUT2D eigenvalue weighted by molar-refractivity contribution is 0.0986. The van der Waals surface area contributed by atoms with Gasteiger partial charge >= 0.3 is 0 Å². The number of nitrogens with zero attached hydrogens (tertiary/aromatic N) is 4. The summed E-state index contributed by atoms with van der Waals surface area (Å²) in [5, 5.41) is 0.658. The number of anilines is 1. The molecule has 0 fully saturated rings. The molecule has 0 radical (unpaired) electrons. The molecule has 2 heterocycles. The number of aryl methyl sites for hydroxylation is 2. The highest BCUT2D eigenvalue weighted by atomic mass is 32.2. The van der Waals surface area contributed by atoms with Gasteiger partial charge in [-0.3, -0.25) is 9.69 Å². The van der Waals surface area contributed by atoms with Crippen LogP contribution < -0.4 is 4.90 Å². The highest BCUT2D eigenvalue weighted by Crippen LogP contribution is 2.33. The van der Waals surface area contributed by atoms with E-state index in [1.54, 1.807) is 29.2 Å². The van der Waals surface area contributed by atoms with E-state index in [1.165, 1.54) is 26.8 Å². The Bertz CT molecular complexity index is 1610. The van der Waals surface area contributed by atoms with Gasteiger partial charge in [0.2, 0.25) is 10.0 Å². The zero-order valence-corrected chi connectivity index (χ0v) is 24.5. The largest absolute Gasteiger partial charge is 0.309 e. The van der Waals surface area contributed by atoms with Crippen molar-refractivity contribution in [2.75, 3.05) is 38.6 Å². The summed E-state index contributed by atoms with van der Waals surface area (Å²) >= 11 is 1.51. The number of hydrogen-bond donors (Lipinski definition) is 0. The third-order valence-electron chi connectivity index (χ3n) is 7.37. The smallest absolute Gasteiger partial charge is 0.260 e.